The van der Waals surface area contributed by atoms with E-state index >= 15 is 0 Å². The third-order valence-corrected chi connectivity index (χ3v) is 5.62. The number of rotatable bonds is 5. The summed E-state index contributed by atoms with van der Waals surface area (Å²) in [5.41, 5.74) is 5.92. The number of halogens is 1. The Morgan fingerprint density at radius 2 is 2.03 bits per heavy atom. The van der Waals surface area contributed by atoms with Crippen molar-refractivity contribution in [2.24, 2.45) is 7.05 Å². The molecule has 12 heteroatoms. The predicted molar refractivity (Wildman–Crippen MR) is 110 cm³/mol. The molecule has 2 heterocycles. The van der Waals surface area contributed by atoms with Gasteiger partial charge in [0.15, 0.2) is 13.0 Å². The minimum atomic E-state index is -0.846. The van der Waals surface area contributed by atoms with E-state index in [1.165, 1.54) is 7.05 Å². The molecule has 156 valence electrons. The summed E-state index contributed by atoms with van der Waals surface area (Å²) in [6.45, 7) is 1.60. The van der Waals surface area contributed by atoms with Crippen molar-refractivity contribution in [1.29, 1.82) is 10.5 Å². The number of para-hydroxylation sites is 1. The molecular formula is C19H14ClN7O3S. The number of nitrogens with two attached hydrogens (primary N) is 1. The lowest BCUT2D eigenvalue weighted by Gasteiger charge is -2.15. The summed E-state index contributed by atoms with van der Waals surface area (Å²) in [5, 5.41) is 37.4. The normalized spacial score (nSPS) is 11.4. The van der Waals surface area contributed by atoms with Crippen molar-refractivity contribution >= 4 is 40.8 Å². The van der Waals surface area contributed by atoms with Gasteiger partial charge in [-0.2, -0.15) is 10.5 Å². The largest absolute Gasteiger partial charge is 0.539 e. The molecule has 0 aliphatic rings. The Morgan fingerprint density at radius 3 is 2.61 bits per heavy atom. The van der Waals surface area contributed by atoms with Crippen LogP contribution >= 0.6 is 23.4 Å². The van der Waals surface area contributed by atoms with E-state index in [9.17, 15) is 20.4 Å². The lowest BCUT2D eigenvalue weighted by atomic mass is 10.0. The van der Waals surface area contributed by atoms with Gasteiger partial charge in [0.05, 0.1) is 32.4 Å². The van der Waals surface area contributed by atoms with Gasteiger partial charge < -0.3 is 20.7 Å². The molecule has 31 heavy (non-hydrogen) atoms. The standard InChI is InChI=1S/C19H14ClN7O3S/c1-9(17(28)24-13-6-4-3-5-12(13)20)31-18-11(8-22)14(10(7-21)16(23)25-18)15-19(29)30-26-27(15)2/h3-6,9H,1-2H3,(H3-,23,24,25,26,28,29). The number of nitrogens with zero attached hydrogens (tertiary/aromatic N) is 5. The topological polar surface area (TPSA) is 169 Å². The third-order valence-electron chi connectivity index (χ3n) is 4.20. The first kappa shape index (κ1) is 21.9. The molecule has 1 amide bonds. The van der Waals surface area contributed by atoms with E-state index in [1.807, 2.05) is 12.1 Å². The molecule has 0 fully saturated rings. The molecule has 0 radical (unpaired) electrons. The molecular weight excluding hydrogens is 442 g/mol. The minimum absolute atomic E-state index is 0.0486. The Balaban J connectivity index is 2.02. The van der Waals surface area contributed by atoms with E-state index in [0.29, 0.717) is 10.7 Å². The minimum Gasteiger partial charge on any atom is -0.539 e. The van der Waals surface area contributed by atoms with Gasteiger partial charge in [0.2, 0.25) is 5.91 Å². The molecule has 3 N–H and O–H groups in total. The van der Waals surface area contributed by atoms with Crippen LogP contribution in [0, 0.1) is 22.7 Å². The van der Waals surface area contributed by atoms with Crippen LogP contribution in [0.15, 0.2) is 33.8 Å². The number of aryl methyl sites for hydroxylation is 1. The number of nitriles is 2. The van der Waals surface area contributed by atoms with Crippen LogP contribution in [0.4, 0.5) is 11.5 Å². The summed E-state index contributed by atoms with van der Waals surface area (Å²) in [6.07, 6.45) is 0. The van der Waals surface area contributed by atoms with Crippen LogP contribution in [0.3, 0.4) is 0 Å². The van der Waals surface area contributed by atoms with E-state index < -0.39 is 17.1 Å². The maximum atomic E-state index is 12.6. The third kappa shape index (κ3) is 4.23. The number of carbonyl (C=O) groups excluding carboxylic acids is 1. The summed E-state index contributed by atoms with van der Waals surface area (Å²) in [5.74, 6) is -1.44. The summed E-state index contributed by atoms with van der Waals surface area (Å²) >= 11 is 7.02. The van der Waals surface area contributed by atoms with Crippen LogP contribution in [0.5, 0.6) is 5.95 Å². The first-order valence-electron chi connectivity index (χ1n) is 8.67. The van der Waals surface area contributed by atoms with Gasteiger partial charge in [-0.05, 0) is 19.1 Å². The van der Waals surface area contributed by atoms with Crippen molar-refractivity contribution in [3.8, 4) is 29.3 Å². The highest BCUT2D eigenvalue weighted by atomic mass is 35.5. The molecule has 0 saturated heterocycles. The Labute approximate surface area is 185 Å². The van der Waals surface area contributed by atoms with Crippen LogP contribution in [-0.4, -0.2) is 21.4 Å². The van der Waals surface area contributed by atoms with Gasteiger partial charge >= 0.3 is 0 Å². The second-order valence-corrected chi connectivity index (χ2v) is 7.95. The smallest absolute Gasteiger partial charge is 0.266 e. The Kier molecular flexibility index (Phi) is 6.30. The van der Waals surface area contributed by atoms with Crippen molar-refractivity contribution in [3.05, 3.63) is 40.4 Å². The fourth-order valence-electron chi connectivity index (χ4n) is 2.72. The number of carbonyl (C=O) groups is 1. The lowest BCUT2D eigenvalue weighted by molar-refractivity contribution is -0.730. The number of thioether (sulfide) groups is 1. The number of nitrogens with one attached hydrogen (secondary N) is 1. The zero-order valence-electron chi connectivity index (χ0n) is 16.2. The Morgan fingerprint density at radius 1 is 1.35 bits per heavy atom. The molecule has 0 saturated carbocycles. The molecule has 3 rings (SSSR count). The zero-order valence-corrected chi connectivity index (χ0v) is 17.8. The van der Waals surface area contributed by atoms with Crippen LogP contribution in [-0.2, 0) is 11.8 Å². The number of anilines is 2. The number of hydrogen-bond donors (Lipinski definition) is 2. The molecule has 1 atom stereocenters. The number of aromatic nitrogens is 3. The average molecular weight is 456 g/mol. The lowest BCUT2D eigenvalue weighted by Crippen LogP contribution is -2.32. The number of pyridine rings is 1. The first-order chi connectivity index (χ1) is 14.8. The van der Waals surface area contributed by atoms with Gasteiger partial charge in [0.25, 0.3) is 5.69 Å². The molecule has 3 aromatic rings. The van der Waals surface area contributed by atoms with Crippen molar-refractivity contribution in [2.75, 3.05) is 11.1 Å². The molecule has 2 aromatic heterocycles. The molecule has 1 unspecified atom stereocenters. The maximum Gasteiger partial charge on any atom is 0.266 e. The van der Waals surface area contributed by atoms with Crippen molar-refractivity contribution in [2.45, 2.75) is 17.2 Å². The monoisotopic (exact) mass is 455 g/mol. The van der Waals surface area contributed by atoms with E-state index in [-0.39, 0.29) is 33.2 Å². The highest BCUT2D eigenvalue weighted by Crippen LogP contribution is 2.38. The number of hydrogen-bond acceptors (Lipinski definition) is 9. The van der Waals surface area contributed by atoms with E-state index in [4.69, 9.17) is 17.3 Å². The van der Waals surface area contributed by atoms with Gasteiger partial charge in [-0.15, -0.1) is 0 Å². The molecule has 0 aliphatic heterocycles. The second-order valence-electron chi connectivity index (χ2n) is 6.21. The molecule has 0 bridgehead atoms. The average Bonchev–Trinajstić information content (AvgIpc) is 3.07. The summed E-state index contributed by atoms with van der Waals surface area (Å²) in [4.78, 5) is 16.8. The first-order valence-corrected chi connectivity index (χ1v) is 9.93. The van der Waals surface area contributed by atoms with Crippen molar-refractivity contribution in [1.82, 2.24) is 10.3 Å². The second kappa shape index (κ2) is 8.92. The zero-order chi connectivity index (χ0) is 22.7. The van der Waals surface area contributed by atoms with Crippen LogP contribution in [0.25, 0.3) is 11.3 Å². The van der Waals surface area contributed by atoms with E-state index in [2.05, 4.69) is 20.1 Å². The SMILES string of the molecule is CC(Sc1nc(N)c(C#N)c(-c2c([O-])on[n+]2C)c1C#N)C(=O)Nc1ccccc1Cl. The fourth-order valence-corrected chi connectivity index (χ4v) is 3.82. The maximum absolute atomic E-state index is 12.6. The molecule has 10 nitrogen and oxygen atoms in total. The van der Waals surface area contributed by atoms with Gasteiger partial charge in [0.1, 0.15) is 28.5 Å². The van der Waals surface area contributed by atoms with Crippen molar-refractivity contribution in [3.63, 3.8) is 0 Å². The fraction of sp³-hybridized carbons (Fsp3) is 0.158. The van der Waals surface area contributed by atoms with E-state index in [1.54, 1.807) is 31.2 Å². The van der Waals surface area contributed by atoms with Gasteiger partial charge in [-0.1, -0.05) is 40.2 Å². The molecule has 0 spiro atoms. The summed E-state index contributed by atoms with van der Waals surface area (Å²) < 4.78 is 5.72. The van der Waals surface area contributed by atoms with Gasteiger partial charge in [-0.3, -0.25) is 4.79 Å². The van der Waals surface area contributed by atoms with Gasteiger partial charge in [-0.25, -0.2) is 4.98 Å². The number of benzene rings is 1. The van der Waals surface area contributed by atoms with Gasteiger partial charge in [0, 0.05) is 0 Å². The number of amides is 1. The summed E-state index contributed by atoms with van der Waals surface area (Å²) in [6, 6.07) is 10.5. The highest BCUT2D eigenvalue weighted by Gasteiger charge is 2.30. The Bertz CT molecular complexity index is 1240. The van der Waals surface area contributed by atoms with Crippen LogP contribution in [0.2, 0.25) is 5.02 Å². The molecule has 1 aromatic carbocycles. The quantitative estimate of drug-likeness (QED) is 0.429. The number of nitrogen functional groups attached to an aromatic ring is 1. The van der Waals surface area contributed by atoms with Crippen LogP contribution < -0.4 is 20.8 Å². The van der Waals surface area contributed by atoms with Crippen molar-refractivity contribution < 1.29 is 19.1 Å². The Hall–Kier alpha value is -3.80. The summed E-state index contributed by atoms with van der Waals surface area (Å²) in [7, 11) is 1.42. The predicted octanol–water partition coefficient (Wildman–Crippen LogP) is 1.73. The van der Waals surface area contributed by atoms with Crippen LogP contribution in [0.1, 0.15) is 18.1 Å². The molecule has 0 aliphatic carbocycles. The highest BCUT2D eigenvalue weighted by molar-refractivity contribution is 8.00. The van der Waals surface area contributed by atoms with E-state index in [0.717, 1.165) is 16.4 Å².